The molecule has 0 saturated carbocycles. The van der Waals surface area contributed by atoms with E-state index < -0.39 is 0 Å². The Labute approximate surface area is 116 Å². The highest BCUT2D eigenvalue weighted by molar-refractivity contribution is 7.80. The lowest BCUT2D eigenvalue weighted by atomic mass is 10.1. The molecule has 1 heterocycles. The molecule has 0 radical (unpaired) electrons. The molecule has 0 aromatic carbocycles. The molecule has 0 N–H and O–H groups in total. The van der Waals surface area contributed by atoms with Gasteiger partial charge in [-0.15, -0.1) is 11.3 Å². The highest BCUT2D eigenvalue weighted by Crippen LogP contribution is 2.14. The minimum atomic E-state index is 0.651. The van der Waals surface area contributed by atoms with Crippen LogP contribution in [0.25, 0.3) is 0 Å². The number of thiol groups is 1. The SMILES string of the molecule is CC(Cc1cccs1)N(C)CCCCCCS. The van der Waals surface area contributed by atoms with Crippen LogP contribution in [-0.4, -0.2) is 30.3 Å². The van der Waals surface area contributed by atoms with E-state index in [0.717, 1.165) is 5.75 Å². The normalized spacial score (nSPS) is 13.2. The van der Waals surface area contributed by atoms with Crippen LogP contribution in [0, 0.1) is 0 Å². The molecule has 17 heavy (non-hydrogen) atoms. The Balaban J connectivity index is 2.11. The van der Waals surface area contributed by atoms with Crippen LogP contribution in [0.15, 0.2) is 17.5 Å². The molecule has 1 atom stereocenters. The van der Waals surface area contributed by atoms with Crippen LogP contribution in [0.1, 0.15) is 37.5 Å². The van der Waals surface area contributed by atoms with Crippen molar-refractivity contribution in [2.24, 2.45) is 0 Å². The van der Waals surface area contributed by atoms with Gasteiger partial charge in [0.2, 0.25) is 0 Å². The van der Waals surface area contributed by atoms with E-state index in [1.165, 1.54) is 43.5 Å². The first-order valence-corrected chi connectivity index (χ1v) is 8.08. The molecule has 1 nitrogen and oxygen atoms in total. The highest BCUT2D eigenvalue weighted by Gasteiger charge is 2.09. The second-order valence-corrected chi connectivity index (χ2v) is 6.23. The van der Waals surface area contributed by atoms with Crippen molar-refractivity contribution >= 4 is 24.0 Å². The Morgan fingerprint density at radius 2 is 2.06 bits per heavy atom. The van der Waals surface area contributed by atoms with Gasteiger partial charge < -0.3 is 4.90 Å². The summed E-state index contributed by atoms with van der Waals surface area (Å²) in [7, 11) is 2.25. The number of likely N-dealkylation sites (N-methyl/N-ethyl adjacent to an activating group) is 1. The molecule has 1 aromatic heterocycles. The third-order valence-corrected chi connectivity index (χ3v) is 4.46. The lowest BCUT2D eigenvalue weighted by molar-refractivity contribution is 0.251. The van der Waals surface area contributed by atoms with Crippen LogP contribution in [0.4, 0.5) is 0 Å². The molecule has 0 fully saturated rings. The Hall–Kier alpha value is 0.01000. The first kappa shape index (κ1) is 15.1. The summed E-state index contributed by atoms with van der Waals surface area (Å²) < 4.78 is 0. The molecule has 0 aliphatic heterocycles. The molecule has 1 rings (SSSR count). The fraction of sp³-hybridized carbons (Fsp3) is 0.714. The number of rotatable bonds is 9. The Morgan fingerprint density at radius 3 is 2.71 bits per heavy atom. The van der Waals surface area contributed by atoms with E-state index >= 15 is 0 Å². The smallest absolute Gasteiger partial charge is 0.0112 e. The lowest BCUT2D eigenvalue weighted by Crippen LogP contribution is -2.31. The van der Waals surface area contributed by atoms with Crippen molar-refractivity contribution in [2.75, 3.05) is 19.3 Å². The lowest BCUT2D eigenvalue weighted by Gasteiger charge is -2.24. The van der Waals surface area contributed by atoms with Gasteiger partial charge in [-0.1, -0.05) is 18.9 Å². The summed E-state index contributed by atoms with van der Waals surface area (Å²) in [6.45, 7) is 3.55. The molecule has 0 amide bonds. The van der Waals surface area contributed by atoms with Gasteiger partial charge in [-0.05, 0) is 57.0 Å². The van der Waals surface area contributed by atoms with E-state index in [4.69, 9.17) is 0 Å². The standard InChI is InChI=1S/C14H25NS2/c1-13(12-14-8-7-11-17-14)15(2)9-5-3-4-6-10-16/h7-8,11,13,16H,3-6,9-10,12H2,1-2H3. The van der Waals surface area contributed by atoms with Gasteiger partial charge >= 0.3 is 0 Å². The van der Waals surface area contributed by atoms with Crippen LogP contribution in [0.2, 0.25) is 0 Å². The van der Waals surface area contributed by atoms with E-state index in [0.29, 0.717) is 6.04 Å². The van der Waals surface area contributed by atoms with E-state index in [2.05, 4.69) is 49.0 Å². The van der Waals surface area contributed by atoms with Crippen LogP contribution < -0.4 is 0 Å². The Kier molecular flexibility index (Phi) is 7.99. The third-order valence-electron chi connectivity index (χ3n) is 3.25. The van der Waals surface area contributed by atoms with Gasteiger partial charge in [-0.25, -0.2) is 0 Å². The van der Waals surface area contributed by atoms with Gasteiger partial charge in [0.25, 0.3) is 0 Å². The van der Waals surface area contributed by atoms with Gasteiger partial charge in [-0.2, -0.15) is 12.6 Å². The molecule has 1 aromatic rings. The molecule has 1 unspecified atom stereocenters. The topological polar surface area (TPSA) is 3.24 Å². The highest BCUT2D eigenvalue weighted by atomic mass is 32.1. The first-order chi connectivity index (χ1) is 8.24. The zero-order chi connectivity index (χ0) is 12.5. The fourth-order valence-corrected chi connectivity index (χ4v) is 2.97. The maximum atomic E-state index is 4.24. The summed E-state index contributed by atoms with van der Waals surface area (Å²) in [6, 6.07) is 5.03. The number of hydrogen-bond donors (Lipinski definition) is 1. The summed E-state index contributed by atoms with van der Waals surface area (Å²) in [5.41, 5.74) is 0. The summed E-state index contributed by atoms with van der Waals surface area (Å²) in [5.74, 6) is 1.03. The molecule has 98 valence electrons. The van der Waals surface area contributed by atoms with E-state index in [-0.39, 0.29) is 0 Å². The number of unbranched alkanes of at least 4 members (excludes halogenated alkanes) is 3. The number of nitrogens with zero attached hydrogens (tertiary/aromatic N) is 1. The monoisotopic (exact) mass is 271 g/mol. The second kappa shape index (κ2) is 9.01. The number of thiophene rings is 1. The molecule has 0 bridgehead atoms. The average molecular weight is 271 g/mol. The van der Waals surface area contributed by atoms with Gasteiger partial charge in [0.15, 0.2) is 0 Å². The summed E-state index contributed by atoms with van der Waals surface area (Å²) in [4.78, 5) is 3.99. The Bertz CT molecular complexity index is 272. The van der Waals surface area contributed by atoms with Gasteiger partial charge in [0.1, 0.15) is 0 Å². The van der Waals surface area contributed by atoms with E-state index in [1.807, 2.05) is 11.3 Å². The fourth-order valence-electron chi connectivity index (χ4n) is 1.92. The first-order valence-electron chi connectivity index (χ1n) is 6.57. The summed E-state index contributed by atoms with van der Waals surface area (Å²) >= 11 is 6.10. The predicted octanol–water partition coefficient (Wildman–Crippen LogP) is 4.10. The molecule has 0 saturated heterocycles. The maximum absolute atomic E-state index is 4.24. The van der Waals surface area contributed by atoms with Crippen molar-refractivity contribution in [1.82, 2.24) is 4.90 Å². The average Bonchev–Trinajstić information content (AvgIpc) is 2.81. The van der Waals surface area contributed by atoms with E-state index in [1.54, 1.807) is 0 Å². The van der Waals surface area contributed by atoms with Crippen molar-refractivity contribution in [3.05, 3.63) is 22.4 Å². The molecule has 0 spiro atoms. The minimum absolute atomic E-state index is 0.651. The quantitative estimate of drug-likeness (QED) is 0.523. The predicted molar refractivity (Wildman–Crippen MR) is 82.4 cm³/mol. The van der Waals surface area contributed by atoms with Crippen molar-refractivity contribution in [1.29, 1.82) is 0 Å². The summed E-state index contributed by atoms with van der Waals surface area (Å²) in [6.07, 6.45) is 6.44. The van der Waals surface area contributed by atoms with Crippen LogP contribution in [0.5, 0.6) is 0 Å². The van der Waals surface area contributed by atoms with Crippen LogP contribution in [-0.2, 0) is 6.42 Å². The van der Waals surface area contributed by atoms with Crippen molar-refractivity contribution in [3.8, 4) is 0 Å². The minimum Gasteiger partial charge on any atom is -0.303 e. The zero-order valence-electron chi connectivity index (χ0n) is 11.1. The molecular weight excluding hydrogens is 246 g/mol. The summed E-state index contributed by atoms with van der Waals surface area (Å²) in [5, 5.41) is 2.17. The van der Waals surface area contributed by atoms with Gasteiger partial charge in [0.05, 0.1) is 0 Å². The second-order valence-electron chi connectivity index (χ2n) is 4.75. The van der Waals surface area contributed by atoms with Crippen LogP contribution >= 0.6 is 24.0 Å². The van der Waals surface area contributed by atoms with Gasteiger partial charge in [0, 0.05) is 10.9 Å². The molecular formula is C14H25NS2. The van der Waals surface area contributed by atoms with Crippen molar-refractivity contribution in [3.63, 3.8) is 0 Å². The maximum Gasteiger partial charge on any atom is 0.0112 e. The van der Waals surface area contributed by atoms with E-state index in [9.17, 15) is 0 Å². The van der Waals surface area contributed by atoms with Gasteiger partial charge in [-0.3, -0.25) is 0 Å². The largest absolute Gasteiger partial charge is 0.303 e. The molecule has 0 aliphatic carbocycles. The number of hydrogen-bond acceptors (Lipinski definition) is 3. The zero-order valence-corrected chi connectivity index (χ0v) is 12.8. The van der Waals surface area contributed by atoms with Crippen LogP contribution in [0.3, 0.4) is 0 Å². The molecule has 3 heteroatoms. The molecule has 0 aliphatic rings. The third kappa shape index (κ3) is 6.49. The van der Waals surface area contributed by atoms with Crippen molar-refractivity contribution < 1.29 is 0 Å². The Morgan fingerprint density at radius 1 is 1.29 bits per heavy atom. The van der Waals surface area contributed by atoms with Crippen molar-refractivity contribution in [2.45, 2.75) is 45.1 Å².